The van der Waals surface area contributed by atoms with Crippen LogP contribution in [0.15, 0.2) is 122 Å². The second-order valence-electron chi connectivity index (χ2n) is 10.5. The molecule has 52 heavy (non-hydrogen) atoms. The number of rotatable bonds is 8. The smallest absolute Gasteiger partial charge is 0.871 e. The van der Waals surface area contributed by atoms with Crippen molar-refractivity contribution in [1.29, 1.82) is 0 Å². The average Bonchev–Trinajstić information content (AvgIpc) is 3.56. The first-order valence-electron chi connectivity index (χ1n) is 14.5. The molecule has 18 nitrogen and oxygen atoms in total. The molecule has 0 atom stereocenters. The third-order valence-electron chi connectivity index (χ3n) is 6.90. The number of nitrogens with zero attached hydrogens (tertiary/aromatic N) is 9. The maximum Gasteiger partial charge on any atom is 3.00 e. The quantitative estimate of drug-likeness (QED) is 0.131. The summed E-state index contributed by atoms with van der Waals surface area (Å²) in [6.45, 7) is 3.16. The molecule has 1 radical (unpaired) electrons. The second-order valence-corrected chi connectivity index (χ2v) is 12.0. The monoisotopic (exact) mass is 761 g/mol. The van der Waals surface area contributed by atoms with Crippen molar-refractivity contribution in [3.05, 3.63) is 119 Å². The van der Waals surface area contributed by atoms with Gasteiger partial charge in [0.1, 0.15) is 11.4 Å². The number of benzene rings is 4. The van der Waals surface area contributed by atoms with Gasteiger partial charge >= 0.3 is 18.8 Å². The minimum atomic E-state index is -3.99. The molecule has 4 aromatic carbocycles. The molecular formula is C32H25CrN10O8S. The number of aromatic nitrogens is 4. The van der Waals surface area contributed by atoms with Crippen LogP contribution in [0.25, 0.3) is 11.4 Å². The van der Waals surface area contributed by atoms with Crippen molar-refractivity contribution in [2.45, 2.75) is 18.7 Å². The molecule has 0 bridgehead atoms. The number of aryl methyl sites for hydroxylation is 2. The maximum atomic E-state index is 12.5. The Hall–Kier alpha value is -6.46. The van der Waals surface area contributed by atoms with E-state index in [9.17, 15) is 39.0 Å². The zero-order valence-electron chi connectivity index (χ0n) is 27.9. The van der Waals surface area contributed by atoms with Crippen molar-refractivity contribution in [3.63, 3.8) is 0 Å². The molecule has 2 heterocycles. The van der Waals surface area contributed by atoms with Crippen LogP contribution >= 0.6 is 0 Å². The summed E-state index contributed by atoms with van der Waals surface area (Å²) in [6.07, 6.45) is 0. The summed E-state index contributed by atoms with van der Waals surface area (Å²) in [4.78, 5) is 9.86. The Morgan fingerprint density at radius 2 is 1.10 bits per heavy atom. The van der Waals surface area contributed by atoms with E-state index in [1.807, 2.05) is 6.07 Å². The van der Waals surface area contributed by atoms with Crippen LogP contribution < -0.4 is 25.6 Å². The van der Waals surface area contributed by atoms with Crippen LogP contribution in [-0.4, -0.2) is 32.9 Å². The Bertz CT molecular complexity index is 2410. The Kier molecular flexibility index (Phi) is 11.8. The van der Waals surface area contributed by atoms with Crippen LogP contribution in [-0.2, 0) is 27.4 Å². The topological polar surface area (TPSA) is 281 Å². The summed E-state index contributed by atoms with van der Waals surface area (Å²) >= 11 is 0. The summed E-state index contributed by atoms with van der Waals surface area (Å²) < 4.78 is 25.1. The van der Waals surface area contributed by atoms with Crippen molar-refractivity contribution in [1.82, 2.24) is 19.6 Å². The molecule has 2 N–H and O–H groups in total. The van der Waals surface area contributed by atoms with E-state index < -0.39 is 38.2 Å². The van der Waals surface area contributed by atoms with E-state index in [1.165, 1.54) is 9.36 Å². The molecule has 6 aromatic rings. The van der Waals surface area contributed by atoms with Crippen molar-refractivity contribution in [3.8, 4) is 34.6 Å². The van der Waals surface area contributed by atoms with Crippen molar-refractivity contribution in [2.24, 2.45) is 25.6 Å². The van der Waals surface area contributed by atoms with Crippen molar-refractivity contribution >= 4 is 38.5 Å². The normalized spacial score (nSPS) is 11.3. The molecule has 263 valence electrons. The minimum Gasteiger partial charge on any atom is -0.871 e. The second kappa shape index (κ2) is 16.0. The molecule has 0 unspecified atom stereocenters. The molecule has 0 aliphatic heterocycles. The predicted octanol–water partition coefficient (Wildman–Crippen LogP) is 4.15. The van der Waals surface area contributed by atoms with Gasteiger partial charge in [0.05, 0.1) is 44.0 Å². The molecule has 2 aromatic heterocycles. The Morgan fingerprint density at radius 3 is 1.52 bits per heavy atom. The number of azo groups is 2. The summed E-state index contributed by atoms with van der Waals surface area (Å²) in [5.74, 6) is -2.09. The number of hydrogen-bond donors (Lipinski definition) is 1. The van der Waals surface area contributed by atoms with Gasteiger partial charge < -0.3 is 20.4 Å². The van der Waals surface area contributed by atoms with E-state index in [4.69, 9.17) is 5.14 Å². The van der Waals surface area contributed by atoms with E-state index in [0.29, 0.717) is 22.8 Å². The first-order chi connectivity index (χ1) is 24.2. The fourth-order valence-corrected chi connectivity index (χ4v) is 4.91. The fourth-order valence-electron chi connectivity index (χ4n) is 4.37. The third-order valence-corrected chi connectivity index (χ3v) is 7.82. The average molecular weight is 762 g/mol. The van der Waals surface area contributed by atoms with Gasteiger partial charge in [0.25, 0.3) is 5.69 Å². The summed E-state index contributed by atoms with van der Waals surface area (Å²) in [5.41, 5.74) is 0.938. The zero-order valence-corrected chi connectivity index (χ0v) is 29.0. The van der Waals surface area contributed by atoms with Crippen LogP contribution in [0.3, 0.4) is 0 Å². The van der Waals surface area contributed by atoms with Gasteiger partial charge in [0.15, 0.2) is 0 Å². The van der Waals surface area contributed by atoms with Crippen LogP contribution in [0.1, 0.15) is 12.8 Å². The SMILES string of the molecule is Cc1nn(-c2ccccc2)c([O-])c1N=Nc1cc(S(N)(=O)=O)ccc1[O-].Cc1nn(-c2ccccc2)c([O-])c1N=Nc1cc([N+](=O)[O-])ccc1[O-].[Cr+3].[H+]. The number of nitro benzene ring substituents is 1. The van der Waals surface area contributed by atoms with E-state index in [0.717, 1.165) is 36.4 Å². The van der Waals surface area contributed by atoms with Gasteiger partial charge in [-0.25, -0.2) is 22.9 Å². The third kappa shape index (κ3) is 8.63. The molecule has 0 aliphatic rings. The van der Waals surface area contributed by atoms with Crippen LogP contribution in [0.4, 0.5) is 28.4 Å². The summed E-state index contributed by atoms with van der Waals surface area (Å²) in [5, 5.41) is 87.5. The largest absolute Gasteiger partial charge is 3.00 e. The van der Waals surface area contributed by atoms with Crippen molar-refractivity contribution < 1.29 is 52.6 Å². The van der Waals surface area contributed by atoms with Gasteiger partial charge in [0, 0.05) is 23.9 Å². The Morgan fingerprint density at radius 1 is 0.673 bits per heavy atom. The van der Waals surface area contributed by atoms with Crippen LogP contribution in [0, 0.1) is 24.0 Å². The van der Waals surface area contributed by atoms with Gasteiger partial charge in [-0.3, -0.25) is 10.1 Å². The van der Waals surface area contributed by atoms with Crippen LogP contribution in [0.2, 0.25) is 0 Å². The van der Waals surface area contributed by atoms with Crippen molar-refractivity contribution in [2.75, 3.05) is 0 Å². The Balaban J connectivity index is 0.000000275. The molecule has 0 aliphatic carbocycles. The van der Waals surface area contributed by atoms with E-state index in [1.54, 1.807) is 68.4 Å². The number of nitro groups is 1. The van der Waals surface area contributed by atoms with E-state index in [2.05, 4.69) is 30.7 Å². The number of hydrogen-bond acceptors (Lipinski definition) is 14. The molecule has 20 heteroatoms. The number of non-ortho nitro benzene ring substituents is 1. The molecule has 0 saturated heterocycles. The minimum absolute atomic E-state index is 0. The molecule has 6 rings (SSSR count). The molecular weight excluding hydrogens is 736 g/mol. The van der Waals surface area contributed by atoms with Gasteiger partial charge in [-0.15, -0.1) is 10.2 Å². The Labute approximate surface area is 307 Å². The van der Waals surface area contributed by atoms with Gasteiger partial charge in [0.2, 0.25) is 10.0 Å². The van der Waals surface area contributed by atoms with Gasteiger partial charge in [-0.05, 0) is 50.2 Å². The first kappa shape index (κ1) is 38.3. The summed E-state index contributed by atoms with van der Waals surface area (Å²) in [7, 11) is -3.99. The summed E-state index contributed by atoms with van der Waals surface area (Å²) in [6, 6.07) is 23.7. The maximum absolute atomic E-state index is 12.5. The molecule has 0 spiro atoms. The molecule has 0 fully saturated rings. The number of sulfonamides is 1. The van der Waals surface area contributed by atoms with E-state index >= 15 is 0 Å². The van der Waals surface area contributed by atoms with Crippen LogP contribution in [0.5, 0.6) is 23.3 Å². The zero-order chi connectivity index (χ0) is 36.9. The standard InChI is InChI=1S/C16H15N5O4S.C16H13N5O4.Cr/c1-10-15(16(23)21(20-10)11-5-3-2-4-6-11)19-18-13-9-12(26(17,24)25)7-8-14(13)22;1-10-15(16(23)20(19-10)11-5-3-2-4-6-11)18-17-13-9-12(21(24)25)7-8-14(13)22;/h2-9,22-23H,1H3,(H2,17,24,25);2-9,22-23H,1H3;/q;;+3/p-3. The number of nitrogens with two attached hydrogens (primary N) is 1. The van der Waals surface area contributed by atoms with E-state index in [-0.39, 0.29) is 52.1 Å². The first-order valence-corrected chi connectivity index (χ1v) is 16.1. The molecule has 0 amide bonds. The fraction of sp³-hybridized carbons (Fsp3) is 0.0625. The van der Waals surface area contributed by atoms with Gasteiger partial charge in [-0.2, -0.15) is 20.4 Å². The van der Waals surface area contributed by atoms with Gasteiger partial charge in [-0.1, -0.05) is 60.0 Å². The number of para-hydroxylation sites is 2. The number of primary sulfonamides is 1. The molecule has 0 saturated carbocycles. The predicted molar refractivity (Wildman–Crippen MR) is 175 cm³/mol.